The Labute approximate surface area is 55.3 Å². The minimum Gasteiger partial charge on any atom is -0.396 e. The van der Waals surface area contributed by atoms with Crippen LogP contribution in [-0.2, 0) is 4.74 Å². The van der Waals surface area contributed by atoms with E-state index >= 15 is 0 Å². The van der Waals surface area contributed by atoms with E-state index in [-0.39, 0.29) is 19.3 Å². The molecule has 0 fully saturated rings. The van der Waals surface area contributed by atoms with Gasteiger partial charge in [0.15, 0.2) is 0 Å². The van der Waals surface area contributed by atoms with Crippen molar-refractivity contribution in [2.24, 2.45) is 0 Å². The molecular formula is C6H13O3. The maximum Gasteiger partial charge on any atom is 0.223 e. The largest absolute Gasteiger partial charge is 0.396 e. The first-order chi connectivity index (χ1) is 4.31. The highest BCUT2D eigenvalue weighted by atomic mass is 16.6. The fraction of sp³-hybridized carbons (Fsp3) is 0.833. The molecule has 3 nitrogen and oxygen atoms in total. The average Bonchev–Trinajstić information content (AvgIpc) is 1.85. The first-order valence-electron chi connectivity index (χ1n) is 3.09. The molecule has 0 unspecified atom stereocenters. The van der Waals surface area contributed by atoms with Gasteiger partial charge in [-0.05, 0) is 6.42 Å². The summed E-state index contributed by atoms with van der Waals surface area (Å²) in [6, 6.07) is 0. The second-order valence-corrected chi connectivity index (χ2v) is 1.72. The Morgan fingerprint density at radius 2 is 2.22 bits per heavy atom. The summed E-state index contributed by atoms with van der Waals surface area (Å²) in [5.74, 6) is 0. The van der Waals surface area contributed by atoms with Crippen molar-refractivity contribution in [3.8, 4) is 0 Å². The highest BCUT2D eigenvalue weighted by Gasteiger charge is 2.02. The summed E-state index contributed by atoms with van der Waals surface area (Å²) >= 11 is 0. The predicted octanol–water partition coefficient (Wildman–Crippen LogP) is 0.657. The maximum absolute atomic E-state index is 8.71. The van der Waals surface area contributed by atoms with Gasteiger partial charge in [-0.2, -0.15) is 0 Å². The van der Waals surface area contributed by atoms with Crippen molar-refractivity contribution in [2.45, 2.75) is 19.8 Å². The number of aliphatic hydroxyl groups excluding tert-OH is 2. The normalized spacial score (nSPS) is 10.7. The Kier molecular flexibility index (Phi) is 5.93. The van der Waals surface area contributed by atoms with E-state index in [1.54, 1.807) is 0 Å². The van der Waals surface area contributed by atoms with Crippen molar-refractivity contribution in [3.63, 3.8) is 0 Å². The molecule has 0 amide bonds. The molecule has 0 saturated heterocycles. The number of rotatable bonds is 5. The summed E-state index contributed by atoms with van der Waals surface area (Å²) in [6.07, 6.45) is 1.02. The van der Waals surface area contributed by atoms with Gasteiger partial charge in [-0.15, -0.1) is 0 Å². The van der Waals surface area contributed by atoms with Crippen LogP contribution < -0.4 is 0 Å². The molecule has 0 spiro atoms. The fourth-order valence-corrected chi connectivity index (χ4v) is 0.388. The topological polar surface area (TPSA) is 49.7 Å². The van der Waals surface area contributed by atoms with Crippen LogP contribution in [0.5, 0.6) is 0 Å². The van der Waals surface area contributed by atoms with Gasteiger partial charge in [0.2, 0.25) is 6.29 Å². The molecule has 0 heterocycles. The predicted molar refractivity (Wildman–Crippen MR) is 33.1 cm³/mol. The fourth-order valence-electron chi connectivity index (χ4n) is 0.388. The van der Waals surface area contributed by atoms with Gasteiger partial charge in [-0.1, -0.05) is 6.92 Å². The van der Waals surface area contributed by atoms with E-state index in [2.05, 4.69) is 0 Å². The lowest BCUT2D eigenvalue weighted by Gasteiger charge is -2.05. The molecule has 0 aromatic heterocycles. The zero-order valence-electron chi connectivity index (χ0n) is 5.63. The quantitative estimate of drug-likeness (QED) is 0.579. The molecular weight excluding hydrogens is 120 g/mol. The Morgan fingerprint density at radius 3 is 2.67 bits per heavy atom. The molecule has 55 valence electrons. The standard InChI is InChI=1S/C6H13O3/c1-2-5-9-6(8)3-4-7/h7-8H,2-5H2,1H3. The van der Waals surface area contributed by atoms with E-state index in [4.69, 9.17) is 14.9 Å². The molecule has 0 aromatic carbocycles. The summed E-state index contributed by atoms with van der Waals surface area (Å²) in [6.45, 7) is 2.41. The van der Waals surface area contributed by atoms with Crippen LogP contribution in [0.3, 0.4) is 0 Å². The molecule has 2 N–H and O–H groups in total. The van der Waals surface area contributed by atoms with Crippen LogP contribution in [0, 0.1) is 6.29 Å². The van der Waals surface area contributed by atoms with E-state index in [9.17, 15) is 0 Å². The zero-order valence-corrected chi connectivity index (χ0v) is 5.63. The van der Waals surface area contributed by atoms with E-state index in [1.807, 2.05) is 6.92 Å². The molecule has 0 bridgehead atoms. The highest BCUT2D eigenvalue weighted by Crippen LogP contribution is 2.01. The molecule has 0 rings (SSSR count). The molecule has 9 heavy (non-hydrogen) atoms. The van der Waals surface area contributed by atoms with E-state index in [1.165, 1.54) is 0 Å². The van der Waals surface area contributed by atoms with Gasteiger partial charge in [0.25, 0.3) is 0 Å². The third kappa shape index (κ3) is 5.76. The minimum atomic E-state index is -0.0700. The van der Waals surface area contributed by atoms with E-state index in [0.29, 0.717) is 6.61 Å². The van der Waals surface area contributed by atoms with Crippen molar-refractivity contribution in [3.05, 3.63) is 6.29 Å². The van der Waals surface area contributed by atoms with Crippen LogP contribution in [0.1, 0.15) is 19.8 Å². The Morgan fingerprint density at radius 1 is 1.56 bits per heavy atom. The van der Waals surface area contributed by atoms with E-state index < -0.39 is 0 Å². The van der Waals surface area contributed by atoms with Gasteiger partial charge in [0.1, 0.15) is 0 Å². The smallest absolute Gasteiger partial charge is 0.223 e. The number of hydrogen-bond donors (Lipinski definition) is 2. The Balaban J connectivity index is 2.95. The third-order valence-corrected chi connectivity index (χ3v) is 0.798. The van der Waals surface area contributed by atoms with Gasteiger partial charge in [0, 0.05) is 19.6 Å². The summed E-state index contributed by atoms with van der Waals surface area (Å²) in [4.78, 5) is 0. The lowest BCUT2D eigenvalue weighted by Crippen LogP contribution is -2.04. The summed E-state index contributed by atoms with van der Waals surface area (Å²) < 4.78 is 4.74. The maximum atomic E-state index is 8.71. The molecule has 1 radical (unpaired) electrons. The summed E-state index contributed by atoms with van der Waals surface area (Å²) in [5, 5.41) is 17.0. The molecule has 0 atom stereocenters. The second-order valence-electron chi connectivity index (χ2n) is 1.72. The van der Waals surface area contributed by atoms with Crippen molar-refractivity contribution in [1.29, 1.82) is 0 Å². The highest BCUT2D eigenvalue weighted by molar-refractivity contribution is 4.58. The Bertz CT molecular complexity index is 56.3. The lowest BCUT2D eigenvalue weighted by molar-refractivity contribution is -0.00861. The van der Waals surface area contributed by atoms with Crippen LogP contribution in [0.2, 0.25) is 0 Å². The van der Waals surface area contributed by atoms with Crippen molar-refractivity contribution < 1.29 is 14.9 Å². The SMILES string of the molecule is CCCO[C](O)CCO. The van der Waals surface area contributed by atoms with Gasteiger partial charge in [-0.3, -0.25) is 0 Å². The van der Waals surface area contributed by atoms with Gasteiger partial charge >= 0.3 is 0 Å². The minimum absolute atomic E-state index is 0.0600. The molecule has 3 heteroatoms. The van der Waals surface area contributed by atoms with E-state index in [0.717, 1.165) is 6.42 Å². The van der Waals surface area contributed by atoms with Crippen molar-refractivity contribution in [1.82, 2.24) is 0 Å². The first kappa shape index (κ1) is 8.88. The lowest BCUT2D eigenvalue weighted by atomic mass is 10.4. The molecule has 0 aromatic rings. The van der Waals surface area contributed by atoms with Crippen LogP contribution in [0.4, 0.5) is 0 Å². The summed E-state index contributed by atoms with van der Waals surface area (Å²) in [7, 11) is 0. The second kappa shape index (κ2) is 6.01. The monoisotopic (exact) mass is 133 g/mol. The van der Waals surface area contributed by atoms with Crippen LogP contribution in [0.25, 0.3) is 0 Å². The third-order valence-electron chi connectivity index (χ3n) is 0.798. The number of aliphatic hydroxyl groups is 2. The van der Waals surface area contributed by atoms with Crippen LogP contribution in [-0.4, -0.2) is 23.4 Å². The van der Waals surface area contributed by atoms with Crippen molar-refractivity contribution >= 4 is 0 Å². The van der Waals surface area contributed by atoms with Gasteiger partial charge in [0.05, 0.1) is 0 Å². The van der Waals surface area contributed by atoms with Crippen LogP contribution in [0.15, 0.2) is 0 Å². The summed E-state index contributed by atoms with van der Waals surface area (Å²) in [5.41, 5.74) is 0. The molecule has 0 aliphatic heterocycles. The number of ether oxygens (including phenoxy) is 1. The average molecular weight is 133 g/mol. The zero-order chi connectivity index (χ0) is 7.11. The van der Waals surface area contributed by atoms with Gasteiger partial charge < -0.3 is 14.9 Å². The van der Waals surface area contributed by atoms with Gasteiger partial charge in [-0.25, -0.2) is 0 Å². The molecule has 0 saturated carbocycles. The first-order valence-corrected chi connectivity index (χ1v) is 3.09. The van der Waals surface area contributed by atoms with Crippen LogP contribution >= 0.6 is 0 Å². The number of hydrogen-bond acceptors (Lipinski definition) is 3. The Hall–Kier alpha value is -0.120. The van der Waals surface area contributed by atoms with Crippen molar-refractivity contribution in [2.75, 3.05) is 13.2 Å². The molecule has 0 aliphatic carbocycles. The molecule has 0 aliphatic rings.